The molecular weight excluding hydrogens is 647 g/mol. The summed E-state index contributed by atoms with van der Waals surface area (Å²) < 4.78 is 2.62. The minimum Gasteiger partial charge on any atom is -0.208 e. The van der Waals surface area contributed by atoms with Gasteiger partial charge in [-0.2, -0.15) is 0 Å². The number of benzene rings is 7. The van der Waals surface area contributed by atoms with Crippen LogP contribution in [0.1, 0.15) is 0 Å². The van der Waals surface area contributed by atoms with Crippen LogP contribution in [0, 0.1) is 0 Å². The first kappa shape index (κ1) is 30.2. The van der Waals surface area contributed by atoms with Crippen LogP contribution in [0.4, 0.5) is 0 Å². The lowest BCUT2D eigenvalue weighted by molar-refractivity contribution is 1.07. The molecule has 0 saturated heterocycles. The summed E-state index contributed by atoms with van der Waals surface area (Å²) in [5.74, 6) is 1.95. The molecule has 0 fully saturated rings. The maximum absolute atomic E-state index is 5.11. The number of fused-ring (bicyclic) bond motifs is 3. The Balaban J connectivity index is 1.34. The first-order valence-corrected chi connectivity index (χ1v) is 19.1. The number of hydrogen-bond acceptors (Lipinski definition) is 4. The molecule has 3 nitrogen and oxygen atoms in total. The Kier molecular flexibility index (Phi) is 7.77. The third-order valence-electron chi connectivity index (χ3n) is 9.04. The summed E-state index contributed by atoms with van der Waals surface area (Å²) in [5.41, 5.74) is 2.86. The fourth-order valence-corrected chi connectivity index (χ4v) is 12.3. The van der Waals surface area contributed by atoms with Crippen molar-refractivity contribution >= 4 is 41.5 Å². The van der Waals surface area contributed by atoms with Crippen molar-refractivity contribution in [2.45, 2.75) is 19.6 Å². The van der Waals surface area contributed by atoms with E-state index in [0.29, 0.717) is 17.5 Å². The van der Waals surface area contributed by atoms with Crippen molar-refractivity contribution in [3.63, 3.8) is 0 Å². The quantitative estimate of drug-likeness (QED) is 0.168. The van der Waals surface area contributed by atoms with Gasteiger partial charge in [0.1, 0.15) is 0 Å². The average Bonchev–Trinajstić information content (AvgIpc) is 3.59. The third-order valence-corrected chi connectivity index (χ3v) is 14.3. The van der Waals surface area contributed by atoms with Crippen molar-refractivity contribution in [3.8, 4) is 34.2 Å². The average molecular weight is 678 g/mol. The predicted octanol–water partition coefficient (Wildman–Crippen LogP) is 12.6. The topological polar surface area (TPSA) is 38.7 Å². The van der Waals surface area contributed by atoms with Crippen LogP contribution in [0.15, 0.2) is 208 Å². The lowest BCUT2D eigenvalue weighted by Gasteiger charge is -2.42. The summed E-state index contributed by atoms with van der Waals surface area (Å²) >= 11 is 1.89. The van der Waals surface area contributed by atoms with Crippen LogP contribution in [-0.4, -0.2) is 15.0 Å². The van der Waals surface area contributed by atoms with Crippen LogP contribution >= 0.6 is 21.4 Å². The van der Waals surface area contributed by atoms with E-state index in [1.807, 2.05) is 47.7 Å². The second-order valence-electron chi connectivity index (χ2n) is 12.0. The van der Waals surface area contributed by atoms with Gasteiger partial charge < -0.3 is 0 Å². The van der Waals surface area contributed by atoms with E-state index < -0.39 is 10.0 Å². The highest BCUT2D eigenvalue weighted by atomic mass is 32.3. The lowest BCUT2D eigenvalue weighted by atomic mass is 10.1. The van der Waals surface area contributed by atoms with Gasteiger partial charge >= 0.3 is 0 Å². The smallest absolute Gasteiger partial charge is 0.164 e. The normalized spacial score (nSPS) is 11.9. The standard InChI is InChI=1S/C45H31N3S2/c1-5-17-32(18-6-1)43-46-44(33-19-7-2-8-20-33)48-45(47-43)34-21-15-26-37(31-34)50(35-22-9-3-10-23-35,36-24-11-4-12-25-36)41-30-16-28-39-38-27-13-14-29-40(38)49-42(39)41/h1-31H. The molecule has 0 bridgehead atoms. The number of rotatable bonds is 7. The van der Waals surface area contributed by atoms with Crippen molar-refractivity contribution in [1.29, 1.82) is 0 Å². The Morgan fingerprint density at radius 3 is 1.40 bits per heavy atom. The van der Waals surface area contributed by atoms with Crippen molar-refractivity contribution in [1.82, 2.24) is 15.0 Å². The van der Waals surface area contributed by atoms with Gasteiger partial charge in [0, 0.05) is 56.4 Å². The zero-order valence-corrected chi connectivity index (χ0v) is 28.7. The van der Waals surface area contributed by atoms with Crippen LogP contribution in [0.3, 0.4) is 0 Å². The highest BCUT2D eigenvalue weighted by Crippen LogP contribution is 2.75. The summed E-state index contributed by atoms with van der Waals surface area (Å²) in [5, 5.41) is 2.59. The first-order valence-electron chi connectivity index (χ1n) is 16.6. The van der Waals surface area contributed by atoms with E-state index in [-0.39, 0.29) is 0 Å². The van der Waals surface area contributed by atoms with Gasteiger partial charge in [-0.3, -0.25) is 0 Å². The summed E-state index contributed by atoms with van der Waals surface area (Å²) in [6.45, 7) is 0. The van der Waals surface area contributed by atoms with E-state index in [0.717, 1.165) is 16.7 Å². The maximum Gasteiger partial charge on any atom is 0.164 e. The number of aromatic nitrogens is 3. The largest absolute Gasteiger partial charge is 0.208 e. The third kappa shape index (κ3) is 5.19. The van der Waals surface area contributed by atoms with Gasteiger partial charge in [-0.15, -0.1) is 21.4 Å². The van der Waals surface area contributed by atoms with Crippen molar-refractivity contribution in [2.24, 2.45) is 0 Å². The highest BCUT2D eigenvalue weighted by Gasteiger charge is 2.35. The molecule has 0 radical (unpaired) electrons. The van der Waals surface area contributed by atoms with Crippen molar-refractivity contribution in [2.75, 3.05) is 0 Å². The molecule has 9 rings (SSSR count). The molecule has 2 aromatic heterocycles. The second-order valence-corrected chi connectivity index (χ2v) is 16.2. The van der Waals surface area contributed by atoms with E-state index in [9.17, 15) is 0 Å². The molecule has 0 aliphatic heterocycles. The SMILES string of the molecule is c1ccc(-c2nc(-c3ccccc3)nc(-c3cccc(S(c4ccccc4)(c4ccccc4)c4cccc5c4sc4ccccc45)c3)n2)cc1. The number of nitrogens with zero attached hydrogens (tertiary/aromatic N) is 3. The summed E-state index contributed by atoms with van der Waals surface area (Å²) in [7, 11) is -2.00. The number of thiophene rings is 1. The van der Waals surface area contributed by atoms with Gasteiger partial charge in [0.05, 0.1) is 0 Å². The molecule has 0 amide bonds. The Labute approximate surface area is 296 Å². The first-order chi connectivity index (χ1) is 24.8. The molecule has 0 spiro atoms. The molecule has 0 atom stereocenters. The summed E-state index contributed by atoms with van der Waals surface area (Å²) in [6, 6.07) is 66.9. The molecule has 7 aromatic carbocycles. The molecule has 0 unspecified atom stereocenters. The van der Waals surface area contributed by atoms with Gasteiger partial charge in [0.15, 0.2) is 17.5 Å². The van der Waals surface area contributed by atoms with Crippen LogP contribution in [0.25, 0.3) is 54.3 Å². The van der Waals surface area contributed by atoms with E-state index in [2.05, 4.69) is 152 Å². The monoisotopic (exact) mass is 677 g/mol. The molecular formula is C45H31N3S2. The minimum absolute atomic E-state index is 0.647. The summed E-state index contributed by atoms with van der Waals surface area (Å²) in [4.78, 5) is 20.3. The van der Waals surface area contributed by atoms with Crippen LogP contribution in [0.5, 0.6) is 0 Å². The molecule has 5 heteroatoms. The van der Waals surface area contributed by atoms with Gasteiger partial charge in [0.25, 0.3) is 0 Å². The van der Waals surface area contributed by atoms with Gasteiger partial charge in [-0.1, -0.05) is 140 Å². The minimum atomic E-state index is -2.00. The van der Waals surface area contributed by atoms with Crippen LogP contribution in [0.2, 0.25) is 0 Å². The van der Waals surface area contributed by atoms with E-state index in [1.54, 1.807) is 0 Å². The Morgan fingerprint density at radius 1 is 0.360 bits per heavy atom. The zero-order chi connectivity index (χ0) is 33.3. The Morgan fingerprint density at radius 2 is 0.800 bits per heavy atom. The van der Waals surface area contributed by atoms with Crippen molar-refractivity contribution in [3.05, 3.63) is 188 Å². The van der Waals surface area contributed by atoms with Gasteiger partial charge in [-0.05, 0) is 48.5 Å². The molecule has 0 aliphatic carbocycles. The lowest BCUT2D eigenvalue weighted by Crippen LogP contribution is -2.06. The molecule has 238 valence electrons. The summed E-state index contributed by atoms with van der Waals surface area (Å²) in [6.07, 6.45) is 0. The van der Waals surface area contributed by atoms with Gasteiger partial charge in [-0.25, -0.2) is 15.0 Å². The van der Waals surface area contributed by atoms with Crippen LogP contribution < -0.4 is 0 Å². The molecule has 9 aromatic rings. The number of hydrogen-bond donors (Lipinski definition) is 0. The highest BCUT2D eigenvalue weighted by molar-refractivity contribution is 8.34. The Hall–Kier alpha value is -5.88. The van der Waals surface area contributed by atoms with E-state index in [4.69, 9.17) is 15.0 Å². The Bertz CT molecular complexity index is 2490. The van der Waals surface area contributed by atoms with E-state index in [1.165, 1.54) is 39.8 Å². The molecule has 0 saturated carbocycles. The second kappa shape index (κ2) is 12.9. The molecule has 2 heterocycles. The van der Waals surface area contributed by atoms with E-state index >= 15 is 0 Å². The van der Waals surface area contributed by atoms with Crippen molar-refractivity contribution < 1.29 is 0 Å². The molecule has 0 N–H and O–H groups in total. The van der Waals surface area contributed by atoms with Crippen LogP contribution in [-0.2, 0) is 0 Å². The fraction of sp³-hybridized carbons (Fsp3) is 0. The zero-order valence-electron chi connectivity index (χ0n) is 27.1. The van der Waals surface area contributed by atoms with Gasteiger partial charge in [0.2, 0.25) is 0 Å². The molecule has 50 heavy (non-hydrogen) atoms. The molecule has 0 aliphatic rings. The fourth-order valence-electron chi connectivity index (χ4n) is 6.76. The predicted molar refractivity (Wildman–Crippen MR) is 209 cm³/mol. The maximum atomic E-state index is 5.11.